The van der Waals surface area contributed by atoms with E-state index < -0.39 is 6.10 Å². The number of benzene rings is 1. The van der Waals surface area contributed by atoms with Gasteiger partial charge >= 0.3 is 0 Å². The van der Waals surface area contributed by atoms with Crippen LogP contribution < -0.4 is 10.1 Å². The first-order valence-corrected chi connectivity index (χ1v) is 9.16. The summed E-state index contributed by atoms with van der Waals surface area (Å²) in [5.41, 5.74) is 0. The van der Waals surface area contributed by atoms with Crippen LogP contribution in [0.3, 0.4) is 0 Å². The third-order valence-corrected chi connectivity index (χ3v) is 5.61. The molecule has 2 rings (SSSR count). The molecule has 1 aliphatic rings. The number of hydrogen-bond donors (Lipinski definition) is 2. The SMILES string of the molecule is CSC1CCCC1NCC(O)COc1ccc(Cl)c(Cl)c1. The summed E-state index contributed by atoms with van der Waals surface area (Å²) in [6.45, 7) is 0.782. The average molecular weight is 350 g/mol. The minimum Gasteiger partial charge on any atom is -0.491 e. The van der Waals surface area contributed by atoms with Gasteiger partial charge in [-0.3, -0.25) is 0 Å². The van der Waals surface area contributed by atoms with Gasteiger partial charge in [-0.25, -0.2) is 0 Å². The molecule has 3 unspecified atom stereocenters. The topological polar surface area (TPSA) is 41.5 Å². The molecule has 1 fully saturated rings. The number of ether oxygens (including phenoxy) is 1. The Balaban J connectivity index is 1.72. The Bertz CT molecular complexity index is 461. The molecule has 0 bridgehead atoms. The first kappa shape index (κ1) is 17.2. The van der Waals surface area contributed by atoms with E-state index in [1.165, 1.54) is 19.3 Å². The molecule has 1 aromatic rings. The highest BCUT2D eigenvalue weighted by Gasteiger charge is 2.26. The van der Waals surface area contributed by atoms with Gasteiger partial charge in [0.05, 0.1) is 10.0 Å². The second-order valence-electron chi connectivity index (χ2n) is 5.26. The molecule has 3 atom stereocenters. The Labute approximate surface area is 140 Å². The maximum absolute atomic E-state index is 10.0. The highest BCUT2D eigenvalue weighted by Crippen LogP contribution is 2.28. The predicted molar refractivity (Wildman–Crippen MR) is 90.9 cm³/mol. The van der Waals surface area contributed by atoms with E-state index in [0.29, 0.717) is 33.6 Å². The van der Waals surface area contributed by atoms with Gasteiger partial charge in [-0.1, -0.05) is 29.6 Å². The second-order valence-corrected chi connectivity index (χ2v) is 7.15. The van der Waals surface area contributed by atoms with Gasteiger partial charge in [-0.05, 0) is 31.2 Å². The first-order valence-electron chi connectivity index (χ1n) is 7.12. The summed E-state index contributed by atoms with van der Waals surface area (Å²) in [6, 6.07) is 5.59. The minimum atomic E-state index is -0.539. The van der Waals surface area contributed by atoms with E-state index in [4.69, 9.17) is 27.9 Å². The van der Waals surface area contributed by atoms with Crippen molar-refractivity contribution in [2.75, 3.05) is 19.4 Å². The van der Waals surface area contributed by atoms with Crippen molar-refractivity contribution in [3.05, 3.63) is 28.2 Å². The summed E-state index contributed by atoms with van der Waals surface area (Å²) in [6.07, 6.45) is 5.32. The highest BCUT2D eigenvalue weighted by atomic mass is 35.5. The summed E-state index contributed by atoms with van der Waals surface area (Å²) >= 11 is 13.7. The van der Waals surface area contributed by atoms with Crippen LogP contribution in [0.25, 0.3) is 0 Å². The number of rotatable bonds is 7. The van der Waals surface area contributed by atoms with Crippen molar-refractivity contribution in [1.29, 1.82) is 0 Å². The Morgan fingerprint density at radius 2 is 2.19 bits per heavy atom. The minimum absolute atomic E-state index is 0.238. The molecule has 0 amide bonds. The Morgan fingerprint density at radius 3 is 2.90 bits per heavy atom. The Morgan fingerprint density at radius 1 is 1.38 bits per heavy atom. The van der Waals surface area contributed by atoms with Crippen molar-refractivity contribution in [3.8, 4) is 5.75 Å². The fraction of sp³-hybridized carbons (Fsp3) is 0.600. The molecule has 1 saturated carbocycles. The van der Waals surface area contributed by atoms with E-state index in [1.807, 2.05) is 11.8 Å². The number of hydrogen-bond acceptors (Lipinski definition) is 4. The van der Waals surface area contributed by atoms with Gasteiger partial charge in [0.2, 0.25) is 0 Å². The van der Waals surface area contributed by atoms with Crippen molar-refractivity contribution < 1.29 is 9.84 Å². The van der Waals surface area contributed by atoms with Crippen LogP contribution in [0, 0.1) is 0 Å². The zero-order chi connectivity index (χ0) is 15.2. The van der Waals surface area contributed by atoms with E-state index in [1.54, 1.807) is 18.2 Å². The lowest BCUT2D eigenvalue weighted by molar-refractivity contribution is 0.104. The molecular weight excluding hydrogens is 329 g/mol. The van der Waals surface area contributed by atoms with Crippen LogP contribution in [0.15, 0.2) is 18.2 Å². The van der Waals surface area contributed by atoms with Crippen LogP contribution in [0.1, 0.15) is 19.3 Å². The van der Waals surface area contributed by atoms with Crippen LogP contribution in [-0.2, 0) is 0 Å². The molecule has 0 spiro atoms. The van der Waals surface area contributed by atoms with Crippen LogP contribution >= 0.6 is 35.0 Å². The summed E-state index contributed by atoms with van der Waals surface area (Å²) in [4.78, 5) is 0. The second kappa shape index (κ2) is 8.49. The molecule has 0 saturated heterocycles. The standard InChI is InChI=1S/C15H21Cl2NO2S/c1-21-15-4-2-3-14(15)18-8-10(19)9-20-11-5-6-12(16)13(17)7-11/h5-7,10,14-15,18-19H,2-4,8-9H2,1H3. The third-order valence-electron chi connectivity index (χ3n) is 3.70. The molecule has 1 aromatic carbocycles. The quantitative estimate of drug-likeness (QED) is 0.788. The van der Waals surface area contributed by atoms with Gasteiger partial charge in [-0.15, -0.1) is 0 Å². The van der Waals surface area contributed by atoms with Crippen molar-refractivity contribution in [2.45, 2.75) is 36.7 Å². The molecule has 118 valence electrons. The zero-order valence-corrected chi connectivity index (χ0v) is 14.3. The lowest BCUT2D eigenvalue weighted by Gasteiger charge is -2.21. The van der Waals surface area contributed by atoms with Crippen LogP contribution in [-0.4, -0.2) is 41.9 Å². The molecular formula is C15H21Cl2NO2S. The smallest absolute Gasteiger partial charge is 0.121 e. The predicted octanol–water partition coefficient (Wildman–Crippen LogP) is 3.61. The third kappa shape index (κ3) is 5.22. The lowest BCUT2D eigenvalue weighted by atomic mass is 10.2. The normalized spacial score (nSPS) is 23.2. The number of aliphatic hydroxyl groups is 1. The molecule has 0 heterocycles. The molecule has 0 aromatic heterocycles. The molecule has 2 N–H and O–H groups in total. The fourth-order valence-corrected chi connectivity index (χ4v) is 3.80. The summed E-state index contributed by atoms with van der Waals surface area (Å²) in [5, 5.41) is 15.1. The van der Waals surface area contributed by atoms with Crippen LogP contribution in [0.5, 0.6) is 5.75 Å². The number of aliphatic hydroxyl groups excluding tert-OH is 1. The summed E-state index contributed by atoms with van der Waals surface area (Å²) < 4.78 is 5.53. The van der Waals surface area contributed by atoms with Crippen molar-refractivity contribution in [1.82, 2.24) is 5.32 Å². The summed E-state index contributed by atoms with van der Waals surface area (Å²) in [5.74, 6) is 0.617. The number of halogens is 2. The molecule has 0 radical (unpaired) electrons. The maximum atomic E-state index is 10.0. The largest absolute Gasteiger partial charge is 0.491 e. The van der Waals surface area contributed by atoms with E-state index in [2.05, 4.69) is 11.6 Å². The maximum Gasteiger partial charge on any atom is 0.121 e. The zero-order valence-electron chi connectivity index (χ0n) is 12.0. The average Bonchev–Trinajstić information content (AvgIpc) is 2.94. The monoisotopic (exact) mass is 349 g/mol. The Hall–Kier alpha value is -0.130. The van der Waals surface area contributed by atoms with Crippen molar-refractivity contribution >= 4 is 35.0 Å². The molecule has 6 heteroatoms. The number of thioether (sulfide) groups is 1. The van der Waals surface area contributed by atoms with Gasteiger partial charge in [0.25, 0.3) is 0 Å². The molecule has 1 aliphatic carbocycles. The molecule has 21 heavy (non-hydrogen) atoms. The van der Waals surface area contributed by atoms with Gasteiger partial charge in [0.1, 0.15) is 18.5 Å². The lowest BCUT2D eigenvalue weighted by Crippen LogP contribution is -2.40. The van der Waals surface area contributed by atoms with Gasteiger partial charge < -0.3 is 15.2 Å². The summed E-state index contributed by atoms with van der Waals surface area (Å²) in [7, 11) is 0. The van der Waals surface area contributed by atoms with Crippen molar-refractivity contribution in [3.63, 3.8) is 0 Å². The first-order chi connectivity index (χ1) is 10.1. The fourth-order valence-electron chi connectivity index (χ4n) is 2.55. The van der Waals surface area contributed by atoms with Crippen LogP contribution in [0.2, 0.25) is 10.0 Å². The van der Waals surface area contributed by atoms with Gasteiger partial charge in [0.15, 0.2) is 0 Å². The number of nitrogens with one attached hydrogen (secondary N) is 1. The van der Waals surface area contributed by atoms with Gasteiger partial charge in [0, 0.05) is 23.9 Å². The molecule has 0 aliphatic heterocycles. The van der Waals surface area contributed by atoms with Crippen molar-refractivity contribution in [2.24, 2.45) is 0 Å². The molecule has 3 nitrogen and oxygen atoms in total. The Kier molecular flexibility index (Phi) is 6.96. The van der Waals surface area contributed by atoms with Gasteiger partial charge in [-0.2, -0.15) is 11.8 Å². The van der Waals surface area contributed by atoms with E-state index in [9.17, 15) is 5.11 Å². The van der Waals surface area contributed by atoms with E-state index in [0.717, 1.165) is 0 Å². The van der Waals surface area contributed by atoms with E-state index in [-0.39, 0.29) is 6.61 Å². The van der Waals surface area contributed by atoms with E-state index >= 15 is 0 Å². The highest BCUT2D eigenvalue weighted by molar-refractivity contribution is 7.99. The van der Waals surface area contributed by atoms with Crippen LogP contribution in [0.4, 0.5) is 0 Å².